The van der Waals surface area contributed by atoms with Crippen LogP contribution in [0.3, 0.4) is 0 Å². The van der Waals surface area contributed by atoms with Crippen molar-refractivity contribution < 1.29 is 9.18 Å². The number of amides is 2. The molecule has 1 aromatic heterocycles. The van der Waals surface area contributed by atoms with Crippen LogP contribution < -0.4 is 10.2 Å². The summed E-state index contributed by atoms with van der Waals surface area (Å²) in [7, 11) is 0. The summed E-state index contributed by atoms with van der Waals surface area (Å²) in [5.41, 5.74) is 3.63. The van der Waals surface area contributed by atoms with E-state index in [0.717, 1.165) is 41.4 Å². The highest BCUT2D eigenvalue weighted by atomic mass is 35.5. The van der Waals surface area contributed by atoms with Gasteiger partial charge in [0.2, 0.25) is 0 Å². The van der Waals surface area contributed by atoms with Crippen molar-refractivity contribution >= 4 is 29.1 Å². The van der Waals surface area contributed by atoms with Gasteiger partial charge in [0, 0.05) is 54.6 Å². The van der Waals surface area contributed by atoms with Crippen LogP contribution in [0.1, 0.15) is 29.1 Å². The summed E-state index contributed by atoms with van der Waals surface area (Å²) < 4.78 is 13.5. The Morgan fingerprint density at radius 2 is 1.85 bits per heavy atom. The number of aryl methyl sites for hydroxylation is 2. The third kappa shape index (κ3) is 5.79. The Labute approximate surface area is 198 Å². The number of rotatable bonds is 4. The third-order valence-corrected chi connectivity index (χ3v) is 6.01. The maximum absolute atomic E-state index is 13.5. The number of aromatic nitrogens is 2. The first-order valence-corrected chi connectivity index (χ1v) is 11.4. The van der Waals surface area contributed by atoms with Crippen LogP contribution in [0.4, 0.5) is 20.7 Å². The van der Waals surface area contributed by atoms with Crippen LogP contribution in [-0.4, -0.2) is 47.1 Å². The Morgan fingerprint density at radius 3 is 2.61 bits per heavy atom. The number of anilines is 2. The molecule has 2 heterocycles. The molecule has 0 saturated carbocycles. The molecule has 1 fully saturated rings. The number of nitrogens with one attached hydrogen (secondary N) is 1. The van der Waals surface area contributed by atoms with Crippen molar-refractivity contribution in [3.05, 3.63) is 82.0 Å². The van der Waals surface area contributed by atoms with Gasteiger partial charge < -0.3 is 15.1 Å². The van der Waals surface area contributed by atoms with Crippen LogP contribution in [0.5, 0.6) is 0 Å². The van der Waals surface area contributed by atoms with Crippen molar-refractivity contribution in [2.45, 2.75) is 26.7 Å². The third-order valence-electron chi connectivity index (χ3n) is 5.76. The van der Waals surface area contributed by atoms with Crippen molar-refractivity contribution in [3.8, 4) is 0 Å². The molecule has 2 aromatic carbocycles. The summed E-state index contributed by atoms with van der Waals surface area (Å²) in [6.07, 6.45) is 1.51. The van der Waals surface area contributed by atoms with Gasteiger partial charge in [-0.2, -0.15) is 0 Å². The van der Waals surface area contributed by atoms with E-state index in [-0.39, 0.29) is 11.8 Å². The molecule has 1 aliphatic heterocycles. The number of hydrogen-bond acceptors (Lipinski definition) is 4. The lowest BCUT2D eigenvalue weighted by atomic mass is 10.0. The lowest BCUT2D eigenvalue weighted by molar-refractivity contribution is 0.215. The van der Waals surface area contributed by atoms with Crippen molar-refractivity contribution in [2.75, 3.05) is 36.4 Å². The van der Waals surface area contributed by atoms with Crippen LogP contribution in [-0.2, 0) is 6.42 Å². The van der Waals surface area contributed by atoms with E-state index < -0.39 is 0 Å². The van der Waals surface area contributed by atoms with Crippen LogP contribution >= 0.6 is 11.6 Å². The topological polar surface area (TPSA) is 61.4 Å². The highest BCUT2D eigenvalue weighted by Gasteiger charge is 2.23. The van der Waals surface area contributed by atoms with Crippen molar-refractivity contribution in [2.24, 2.45) is 0 Å². The summed E-state index contributed by atoms with van der Waals surface area (Å²) in [4.78, 5) is 26.1. The molecule has 0 radical (unpaired) electrons. The molecule has 0 spiro atoms. The summed E-state index contributed by atoms with van der Waals surface area (Å²) >= 11 is 6.05. The average molecular weight is 468 g/mol. The minimum Gasteiger partial charge on any atom is -0.354 e. The largest absolute Gasteiger partial charge is 0.354 e. The van der Waals surface area contributed by atoms with Gasteiger partial charge in [0.1, 0.15) is 17.5 Å². The second-order valence-corrected chi connectivity index (χ2v) is 8.67. The van der Waals surface area contributed by atoms with Crippen LogP contribution in [0, 0.1) is 19.7 Å². The number of benzene rings is 2. The SMILES string of the molecule is Cc1nc(C)c(Cc2ccc(Cl)cc2)c(N2CCCN(C(=O)Nc3cccc(F)c3)CC2)n1. The van der Waals surface area contributed by atoms with E-state index in [1.54, 1.807) is 17.0 Å². The highest BCUT2D eigenvalue weighted by Crippen LogP contribution is 2.26. The zero-order valence-corrected chi connectivity index (χ0v) is 19.6. The average Bonchev–Trinajstić information content (AvgIpc) is 3.03. The molecule has 1 aliphatic rings. The molecule has 0 bridgehead atoms. The second-order valence-electron chi connectivity index (χ2n) is 8.23. The van der Waals surface area contributed by atoms with Gasteiger partial charge in [0.05, 0.1) is 0 Å². The van der Waals surface area contributed by atoms with E-state index in [1.807, 2.05) is 38.1 Å². The predicted octanol–water partition coefficient (Wildman–Crippen LogP) is 5.22. The van der Waals surface area contributed by atoms with Crippen LogP contribution in [0.15, 0.2) is 48.5 Å². The van der Waals surface area contributed by atoms with Gasteiger partial charge in [-0.1, -0.05) is 29.8 Å². The van der Waals surface area contributed by atoms with E-state index in [9.17, 15) is 9.18 Å². The molecule has 8 heteroatoms. The second kappa shape index (κ2) is 10.2. The first kappa shape index (κ1) is 23.0. The zero-order valence-electron chi connectivity index (χ0n) is 18.8. The molecule has 33 heavy (non-hydrogen) atoms. The van der Waals surface area contributed by atoms with E-state index in [0.29, 0.717) is 36.8 Å². The number of hydrogen-bond donors (Lipinski definition) is 1. The summed E-state index contributed by atoms with van der Waals surface area (Å²) in [6.45, 7) is 6.52. The van der Waals surface area contributed by atoms with Gasteiger partial charge in [0.25, 0.3) is 0 Å². The lowest BCUT2D eigenvalue weighted by Gasteiger charge is -2.26. The van der Waals surface area contributed by atoms with E-state index in [4.69, 9.17) is 16.6 Å². The number of nitrogens with zero attached hydrogens (tertiary/aromatic N) is 4. The van der Waals surface area contributed by atoms with Gasteiger partial charge in [-0.3, -0.25) is 0 Å². The molecule has 0 aliphatic carbocycles. The van der Waals surface area contributed by atoms with Gasteiger partial charge in [-0.15, -0.1) is 0 Å². The Bertz CT molecular complexity index is 1140. The fraction of sp³-hybridized carbons (Fsp3) is 0.320. The number of halogens is 2. The predicted molar refractivity (Wildman–Crippen MR) is 130 cm³/mol. The monoisotopic (exact) mass is 467 g/mol. The smallest absolute Gasteiger partial charge is 0.321 e. The summed E-state index contributed by atoms with van der Waals surface area (Å²) in [6, 6.07) is 13.5. The fourth-order valence-corrected chi connectivity index (χ4v) is 4.22. The molecule has 0 unspecified atom stereocenters. The minimum atomic E-state index is -0.377. The van der Waals surface area contributed by atoms with Gasteiger partial charge >= 0.3 is 6.03 Å². The summed E-state index contributed by atoms with van der Waals surface area (Å²) in [5, 5.41) is 3.50. The molecule has 4 rings (SSSR count). The van der Waals surface area contributed by atoms with Gasteiger partial charge in [-0.25, -0.2) is 19.2 Å². The Balaban J connectivity index is 1.50. The quantitative estimate of drug-likeness (QED) is 0.571. The van der Waals surface area contributed by atoms with Gasteiger partial charge in [-0.05, 0) is 56.2 Å². The van der Waals surface area contributed by atoms with E-state index in [2.05, 4.69) is 15.2 Å². The zero-order chi connectivity index (χ0) is 23.4. The standard InChI is InChI=1S/C25H27ClFN5O/c1-17-23(15-19-7-9-20(26)10-8-19)24(29-18(2)28-17)31-11-4-12-32(14-13-31)25(33)30-22-6-3-5-21(27)16-22/h3,5-10,16H,4,11-15H2,1-2H3,(H,30,33). The summed E-state index contributed by atoms with van der Waals surface area (Å²) in [5.74, 6) is 1.27. The molecular formula is C25H27ClFN5O. The van der Waals surface area contributed by atoms with Crippen molar-refractivity contribution in [1.29, 1.82) is 0 Å². The molecule has 6 nitrogen and oxygen atoms in total. The molecule has 0 atom stereocenters. The van der Waals surface area contributed by atoms with E-state index >= 15 is 0 Å². The minimum absolute atomic E-state index is 0.223. The molecular weight excluding hydrogens is 441 g/mol. The Morgan fingerprint density at radius 1 is 1.06 bits per heavy atom. The maximum Gasteiger partial charge on any atom is 0.321 e. The Kier molecular flexibility index (Phi) is 7.08. The number of carbonyl (C=O) groups is 1. The number of carbonyl (C=O) groups excluding carboxylic acids is 1. The Hall–Kier alpha value is -3.19. The molecule has 1 N–H and O–H groups in total. The van der Waals surface area contributed by atoms with Crippen LogP contribution in [0.2, 0.25) is 5.02 Å². The molecule has 1 saturated heterocycles. The van der Waals surface area contributed by atoms with E-state index in [1.165, 1.54) is 12.1 Å². The fourth-order valence-electron chi connectivity index (χ4n) is 4.09. The molecule has 172 valence electrons. The van der Waals surface area contributed by atoms with Crippen molar-refractivity contribution in [1.82, 2.24) is 14.9 Å². The molecule has 3 aromatic rings. The van der Waals surface area contributed by atoms with Crippen molar-refractivity contribution in [3.63, 3.8) is 0 Å². The first-order valence-electron chi connectivity index (χ1n) is 11.0. The van der Waals surface area contributed by atoms with Gasteiger partial charge in [0.15, 0.2) is 0 Å². The highest BCUT2D eigenvalue weighted by molar-refractivity contribution is 6.30. The lowest BCUT2D eigenvalue weighted by Crippen LogP contribution is -2.38. The normalized spacial score (nSPS) is 14.2. The maximum atomic E-state index is 13.5. The van der Waals surface area contributed by atoms with Crippen LogP contribution in [0.25, 0.3) is 0 Å². The first-order chi connectivity index (χ1) is 15.9. The molecule has 2 amide bonds. The number of urea groups is 1.